The third kappa shape index (κ3) is 2.72. The summed E-state index contributed by atoms with van der Waals surface area (Å²) < 4.78 is 0. The number of rotatable bonds is 5. The van der Waals surface area contributed by atoms with Gasteiger partial charge in [0.15, 0.2) is 0 Å². The van der Waals surface area contributed by atoms with Crippen LogP contribution in [0.15, 0.2) is 10.9 Å². The molecule has 15 heavy (non-hydrogen) atoms. The predicted molar refractivity (Wildman–Crippen MR) is 53.6 cm³/mol. The Kier molecular flexibility index (Phi) is 4.15. The van der Waals surface area contributed by atoms with Crippen LogP contribution in [-0.4, -0.2) is 51.6 Å². The fourth-order valence-electron chi connectivity index (χ4n) is 0.898. The second kappa shape index (κ2) is 5.17. The molecule has 0 atom stereocenters. The standard InChI is InChI=1S/C8H12N2O4S/c11-2-8(3-12,4-13)10-7(14)6-1-15-5-9-6/h1,5,11-13H,2-4H2,(H,10,14). The molecule has 6 nitrogen and oxygen atoms in total. The van der Waals surface area contributed by atoms with Gasteiger partial charge in [0, 0.05) is 5.38 Å². The molecule has 1 amide bonds. The predicted octanol–water partition coefficient (Wildman–Crippen LogP) is -1.41. The summed E-state index contributed by atoms with van der Waals surface area (Å²) in [6, 6.07) is 0. The second-order valence-corrected chi connectivity index (χ2v) is 3.80. The molecule has 0 unspecified atom stereocenters. The lowest BCUT2D eigenvalue weighted by Gasteiger charge is -2.28. The molecule has 0 fully saturated rings. The van der Waals surface area contributed by atoms with Gasteiger partial charge in [-0.3, -0.25) is 4.79 Å². The van der Waals surface area contributed by atoms with E-state index < -0.39 is 31.3 Å². The second-order valence-electron chi connectivity index (χ2n) is 3.08. The Hall–Kier alpha value is -1.02. The van der Waals surface area contributed by atoms with Crippen LogP contribution in [-0.2, 0) is 0 Å². The van der Waals surface area contributed by atoms with Gasteiger partial charge in [0.25, 0.3) is 5.91 Å². The van der Waals surface area contributed by atoms with E-state index in [-0.39, 0.29) is 5.69 Å². The number of amides is 1. The van der Waals surface area contributed by atoms with Crippen LogP contribution in [0.1, 0.15) is 10.5 Å². The molecule has 0 saturated heterocycles. The van der Waals surface area contributed by atoms with Crippen molar-refractivity contribution < 1.29 is 20.1 Å². The van der Waals surface area contributed by atoms with Crippen molar-refractivity contribution in [2.45, 2.75) is 5.54 Å². The molecule has 0 aliphatic heterocycles. The maximum Gasteiger partial charge on any atom is 0.271 e. The minimum absolute atomic E-state index is 0.194. The molecule has 0 spiro atoms. The summed E-state index contributed by atoms with van der Waals surface area (Å²) in [5, 5.41) is 30.8. The molecule has 0 aliphatic rings. The van der Waals surface area contributed by atoms with Gasteiger partial charge in [0.05, 0.1) is 25.3 Å². The number of aliphatic hydroxyl groups excluding tert-OH is 3. The van der Waals surface area contributed by atoms with Crippen LogP contribution in [0.25, 0.3) is 0 Å². The van der Waals surface area contributed by atoms with Gasteiger partial charge >= 0.3 is 0 Å². The number of aliphatic hydroxyl groups is 3. The number of hydrogen-bond acceptors (Lipinski definition) is 6. The van der Waals surface area contributed by atoms with Crippen LogP contribution >= 0.6 is 11.3 Å². The first-order valence-corrected chi connectivity index (χ1v) is 5.15. The molecule has 1 aromatic rings. The van der Waals surface area contributed by atoms with E-state index in [1.54, 1.807) is 0 Å². The maximum atomic E-state index is 11.5. The van der Waals surface area contributed by atoms with E-state index in [4.69, 9.17) is 15.3 Å². The minimum atomic E-state index is -1.40. The van der Waals surface area contributed by atoms with Crippen molar-refractivity contribution in [3.63, 3.8) is 0 Å². The quantitative estimate of drug-likeness (QED) is 0.499. The van der Waals surface area contributed by atoms with E-state index in [0.29, 0.717) is 0 Å². The minimum Gasteiger partial charge on any atom is -0.394 e. The van der Waals surface area contributed by atoms with Gasteiger partial charge in [-0.25, -0.2) is 4.98 Å². The molecule has 0 aromatic carbocycles. The highest BCUT2D eigenvalue weighted by Crippen LogP contribution is 2.06. The molecule has 1 heterocycles. The number of carbonyl (C=O) groups is 1. The number of aromatic nitrogens is 1. The Morgan fingerprint density at radius 3 is 2.40 bits per heavy atom. The zero-order chi connectivity index (χ0) is 11.3. The number of thiazole rings is 1. The molecular formula is C8H12N2O4S. The largest absolute Gasteiger partial charge is 0.394 e. The van der Waals surface area contributed by atoms with Crippen molar-refractivity contribution >= 4 is 17.2 Å². The Balaban J connectivity index is 2.71. The van der Waals surface area contributed by atoms with E-state index in [1.807, 2.05) is 0 Å². The van der Waals surface area contributed by atoms with Gasteiger partial charge in [-0.15, -0.1) is 11.3 Å². The Morgan fingerprint density at radius 1 is 1.40 bits per heavy atom. The van der Waals surface area contributed by atoms with Crippen molar-refractivity contribution in [3.05, 3.63) is 16.6 Å². The van der Waals surface area contributed by atoms with Gasteiger partial charge in [0.1, 0.15) is 11.2 Å². The van der Waals surface area contributed by atoms with Crippen LogP contribution in [0.3, 0.4) is 0 Å². The highest BCUT2D eigenvalue weighted by atomic mass is 32.1. The average Bonchev–Trinajstić information content (AvgIpc) is 2.79. The van der Waals surface area contributed by atoms with Crippen LogP contribution < -0.4 is 5.32 Å². The monoisotopic (exact) mass is 232 g/mol. The average molecular weight is 232 g/mol. The summed E-state index contributed by atoms with van der Waals surface area (Å²) in [5.74, 6) is -0.534. The van der Waals surface area contributed by atoms with Gasteiger partial charge < -0.3 is 20.6 Å². The van der Waals surface area contributed by atoms with Crippen molar-refractivity contribution in [1.82, 2.24) is 10.3 Å². The normalized spacial score (nSPS) is 11.4. The van der Waals surface area contributed by atoms with E-state index in [2.05, 4.69) is 10.3 Å². The number of nitrogens with one attached hydrogen (secondary N) is 1. The Labute approximate surface area is 90.2 Å². The third-order valence-corrected chi connectivity index (χ3v) is 2.54. The SMILES string of the molecule is O=C(NC(CO)(CO)CO)c1cscn1. The topological polar surface area (TPSA) is 103 Å². The lowest BCUT2D eigenvalue weighted by Crippen LogP contribution is -2.57. The molecule has 0 aliphatic carbocycles. The zero-order valence-corrected chi connectivity index (χ0v) is 8.70. The zero-order valence-electron chi connectivity index (χ0n) is 7.88. The summed E-state index contributed by atoms with van der Waals surface area (Å²) in [4.78, 5) is 15.3. The van der Waals surface area contributed by atoms with E-state index in [9.17, 15) is 4.79 Å². The molecule has 4 N–H and O–H groups in total. The van der Waals surface area contributed by atoms with Crippen LogP contribution in [0.4, 0.5) is 0 Å². The summed E-state index contributed by atoms with van der Waals surface area (Å²) >= 11 is 1.26. The van der Waals surface area contributed by atoms with Gasteiger partial charge in [-0.2, -0.15) is 0 Å². The van der Waals surface area contributed by atoms with E-state index >= 15 is 0 Å². The van der Waals surface area contributed by atoms with Gasteiger partial charge in [-0.1, -0.05) is 0 Å². The first-order valence-electron chi connectivity index (χ1n) is 4.21. The lowest BCUT2D eigenvalue weighted by atomic mass is 10.0. The molecule has 0 radical (unpaired) electrons. The van der Waals surface area contributed by atoms with Gasteiger partial charge in [0.2, 0.25) is 0 Å². The summed E-state index contributed by atoms with van der Waals surface area (Å²) in [6.07, 6.45) is 0. The summed E-state index contributed by atoms with van der Waals surface area (Å²) in [5.41, 5.74) is 0.286. The van der Waals surface area contributed by atoms with Gasteiger partial charge in [-0.05, 0) is 0 Å². The van der Waals surface area contributed by atoms with Crippen molar-refractivity contribution in [3.8, 4) is 0 Å². The van der Waals surface area contributed by atoms with E-state index in [1.165, 1.54) is 22.2 Å². The molecule has 1 rings (SSSR count). The highest BCUT2D eigenvalue weighted by Gasteiger charge is 2.30. The molecule has 1 aromatic heterocycles. The van der Waals surface area contributed by atoms with Crippen LogP contribution in [0, 0.1) is 0 Å². The maximum absolute atomic E-state index is 11.5. The first kappa shape index (κ1) is 12.1. The highest BCUT2D eigenvalue weighted by molar-refractivity contribution is 7.07. The third-order valence-electron chi connectivity index (χ3n) is 1.95. The Morgan fingerprint density at radius 2 is 2.00 bits per heavy atom. The molecule has 7 heteroatoms. The summed E-state index contributed by atoms with van der Waals surface area (Å²) in [7, 11) is 0. The number of hydrogen-bond donors (Lipinski definition) is 4. The molecule has 84 valence electrons. The van der Waals surface area contributed by atoms with Crippen molar-refractivity contribution in [2.24, 2.45) is 0 Å². The summed E-state index contributed by atoms with van der Waals surface area (Å²) in [6.45, 7) is -1.64. The Bertz CT molecular complexity index is 302. The first-order chi connectivity index (χ1) is 7.17. The van der Waals surface area contributed by atoms with Crippen molar-refractivity contribution in [1.29, 1.82) is 0 Å². The number of carbonyl (C=O) groups excluding carboxylic acids is 1. The van der Waals surface area contributed by atoms with Crippen LogP contribution in [0.2, 0.25) is 0 Å². The number of nitrogens with zero attached hydrogens (tertiary/aromatic N) is 1. The molecule has 0 saturated carbocycles. The molecular weight excluding hydrogens is 220 g/mol. The fraction of sp³-hybridized carbons (Fsp3) is 0.500. The lowest BCUT2D eigenvalue weighted by molar-refractivity contribution is 0.0373. The fourth-order valence-corrected chi connectivity index (χ4v) is 1.43. The van der Waals surface area contributed by atoms with Crippen LogP contribution in [0.5, 0.6) is 0 Å². The molecule has 0 bridgehead atoms. The van der Waals surface area contributed by atoms with E-state index in [0.717, 1.165) is 0 Å². The van der Waals surface area contributed by atoms with Crippen molar-refractivity contribution in [2.75, 3.05) is 19.8 Å². The smallest absolute Gasteiger partial charge is 0.271 e.